The predicted octanol–water partition coefficient (Wildman–Crippen LogP) is 6.75. The highest BCUT2D eigenvalue weighted by Crippen LogP contribution is 2.45. The van der Waals surface area contributed by atoms with Gasteiger partial charge in [0.25, 0.3) is 0 Å². The Kier molecular flexibility index (Phi) is 5.64. The SMILES string of the molecule is Brc1ccc(C=P(c2ccccc2)(c2ccccc2)c2ccccc2)c2ccccc12. The van der Waals surface area contributed by atoms with Gasteiger partial charge in [0.1, 0.15) is 0 Å². The zero-order chi connectivity index (χ0) is 21.1. The van der Waals surface area contributed by atoms with E-state index < -0.39 is 6.89 Å². The lowest BCUT2D eigenvalue weighted by atomic mass is 10.1. The molecule has 0 fully saturated rings. The first-order valence-corrected chi connectivity index (χ1v) is 13.0. The summed E-state index contributed by atoms with van der Waals surface area (Å²) in [6.07, 6.45) is 0. The molecule has 0 aliphatic heterocycles. The van der Waals surface area contributed by atoms with E-state index in [1.807, 2.05) is 0 Å². The molecule has 0 spiro atoms. The zero-order valence-electron chi connectivity index (χ0n) is 17.0. The number of benzene rings is 5. The Balaban J connectivity index is 1.96. The van der Waals surface area contributed by atoms with E-state index in [4.69, 9.17) is 0 Å². The minimum Gasteiger partial charge on any atom is -0.0622 e. The molecule has 0 atom stereocenters. The van der Waals surface area contributed by atoms with Gasteiger partial charge in [0.2, 0.25) is 0 Å². The largest absolute Gasteiger partial charge is 0.0622 e. The van der Waals surface area contributed by atoms with E-state index in [1.165, 1.54) is 32.2 Å². The predicted molar refractivity (Wildman–Crippen MR) is 142 cm³/mol. The van der Waals surface area contributed by atoms with Crippen molar-refractivity contribution in [1.29, 1.82) is 0 Å². The highest BCUT2D eigenvalue weighted by atomic mass is 79.9. The number of halogens is 1. The quantitative estimate of drug-likeness (QED) is 0.249. The van der Waals surface area contributed by atoms with Crippen LogP contribution >= 0.6 is 22.8 Å². The average molecular weight is 481 g/mol. The molecule has 0 amide bonds. The van der Waals surface area contributed by atoms with Crippen molar-refractivity contribution in [1.82, 2.24) is 0 Å². The molecule has 0 nitrogen and oxygen atoms in total. The van der Waals surface area contributed by atoms with Crippen LogP contribution in [0, 0.1) is 0 Å². The average Bonchev–Trinajstić information content (AvgIpc) is 2.86. The Hall–Kier alpha value is -2.86. The van der Waals surface area contributed by atoms with Crippen LogP contribution < -0.4 is 15.9 Å². The summed E-state index contributed by atoms with van der Waals surface area (Å²) in [7, 11) is 0. The number of hydrogen-bond donors (Lipinski definition) is 0. The van der Waals surface area contributed by atoms with E-state index in [-0.39, 0.29) is 0 Å². The van der Waals surface area contributed by atoms with Crippen LogP contribution in [0.5, 0.6) is 0 Å². The van der Waals surface area contributed by atoms with Crippen LogP contribution in [-0.2, 0) is 0 Å². The molecule has 0 radical (unpaired) electrons. The van der Waals surface area contributed by atoms with Gasteiger partial charge in [0.15, 0.2) is 0 Å². The summed E-state index contributed by atoms with van der Waals surface area (Å²) < 4.78 is 1.13. The molecular formula is C29H22BrP. The van der Waals surface area contributed by atoms with E-state index in [0.29, 0.717) is 0 Å². The second-order valence-corrected chi connectivity index (χ2v) is 11.6. The van der Waals surface area contributed by atoms with Crippen LogP contribution in [0.3, 0.4) is 0 Å². The van der Waals surface area contributed by atoms with E-state index in [2.05, 4.69) is 149 Å². The highest BCUT2D eigenvalue weighted by molar-refractivity contribution is 9.10. The van der Waals surface area contributed by atoms with Crippen molar-refractivity contribution in [3.8, 4) is 0 Å². The first kappa shape index (κ1) is 20.1. The van der Waals surface area contributed by atoms with Crippen LogP contribution in [0.4, 0.5) is 0 Å². The van der Waals surface area contributed by atoms with Crippen LogP contribution in [0.15, 0.2) is 132 Å². The summed E-state index contributed by atoms with van der Waals surface area (Å²) >= 11 is 3.74. The standard InChI is InChI=1S/C29H22BrP/c30-29-21-20-23(27-18-10-11-19-28(27)29)22-31(24-12-4-1-5-13-24,25-14-6-2-7-15-25)26-16-8-3-9-17-26/h1-22H. The Bertz CT molecular complexity index is 1270. The second-order valence-electron chi connectivity index (χ2n) is 7.54. The van der Waals surface area contributed by atoms with Gasteiger partial charge in [-0.1, -0.05) is 137 Å². The van der Waals surface area contributed by atoms with Crippen molar-refractivity contribution in [2.75, 3.05) is 0 Å². The van der Waals surface area contributed by atoms with Gasteiger partial charge in [0.05, 0.1) is 0 Å². The van der Waals surface area contributed by atoms with Gasteiger partial charge >= 0.3 is 0 Å². The van der Waals surface area contributed by atoms with Gasteiger partial charge in [-0.05, 0) is 51.0 Å². The third-order valence-corrected chi connectivity index (χ3v) is 10.4. The molecule has 0 saturated heterocycles. The fourth-order valence-electron chi connectivity index (χ4n) is 4.27. The molecule has 150 valence electrons. The maximum atomic E-state index is 3.74. The van der Waals surface area contributed by atoms with Crippen LogP contribution in [-0.4, -0.2) is 5.80 Å². The van der Waals surface area contributed by atoms with Gasteiger partial charge in [-0.15, -0.1) is 0 Å². The number of hydrogen-bond acceptors (Lipinski definition) is 0. The lowest BCUT2D eigenvalue weighted by Crippen LogP contribution is -2.27. The van der Waals surface area contributed by atoms with Crippen LogP contribution in [0.2, 0.25) is 0 Å². The van der Waals surface area contributed by atoms with Crippen LogP contribution in [0.1, 0.15) is 5.56 Å². The molecule has 2 heteroatoms. The lowest BCUT2D eigenvalue weighted by molar-refractivity contribution is 1.69. The zero-order valence-corrected chi connectivity index (χ0v) is 19.5. The van der Waals surface area contributed by atoms with Crippen molar-refractivity contribution in [3.63, 3.8) is 0 Å². The summed E-state index contributed by atoms with van der Waals surface area (Å²) in [4.78, 5) is 0. The maximum Gasteiger partial charge on any atom is 0.0254 e. The van der Waals surface area contributed by atoms with Crippen molar-refractivity contribution >= 4 is 55.3 Å². The summed E-state index contributed by atoms with van der Waals surface area (Å²) in [6, 6.07) is 46.0. The maximum absolute atomic E-state index is 3.74. The van der Waals surface area contributed by atoms with Gasteiger partial charge in [0, 0.05) is 4.47 Å². The van der Waals surface area contributed by atoms with Gasteiger partial charge in [-0.25, -0.2) is 0 Å². The summed E-state index contributed by atoms with van der Waals surface area (Å²) in [5.74, 6) is 2.54. The molecule has 0 heterocycles. The first-order chi connectivity index (χ1) is 15.3. The number of fused-ring (bicyclic) bond motifs is 1. The topological polar surface area (TPSA) is 0 Å². The molecular weight excluding hydrogens is 459 g/mol. The third kappa shape index (κ3) is 3.69. The molecule has 31 heavy (non-hydrogen) atoms. The molecule has 0 unspecified atom stereocenters. The molecule has 0 aliphatic carbocycles. The minimum atomic E-state index is -2.03. The van der Waals surface area contributed by atoms with E-state index in [9.17, 15) is 0 Å². The third-order valence-electron chi connectivity index (χ3n) is 5.73. The fourth-order valence-corrected chi connectivity index (χ4v) is 8.66. The van der Waals surface area contributed by atoms with E-state index in [0.717, 1.165) is 4.47 Å². The smallest absolute Gasteiger partial charge is 0.0254 e. The molecule has 0 bridgehead atoms. The fraction of sp³-hybridized carbons (Fsp3) is 0. The Labute approximate surface area is 192 Å². The Morgan fingerprint density at radius 1 is 0.452 bits per heavy atom. The molecule has 5 aromatic rings. The molecule has 0 saturated carbocycles. The molecule has 0 aromatic heterocycles. The summed E-state index contributed by atoms with van der Waals surface area (Å²) in [5, 5.41) is 6.59. The normalized spacial score (nSPS) is 11.4. The Morgan fingerprint density at radius 2 is 0.871 bits per heavy atom. The summed E-state index contributed by atoms with van der Waals surface area (Å²) in [5.41, 5.74) is 1.27. The second kappa shape index (κ2) is 8.71. The highest BCUT2D eigenvalue weighted by Gasteiger charge is 2.25. The van der Waals surface area contributed by atoms with Gasteiger partial charge in [-0.3, -0.25) is 0 Å². The van der Waals surface area contributed by atoms with Crippen molar-refractivity contribution < 1.29 is 0 Å². The Morgan fingerprint density at radius 3 is 1.35 bits per heavy atom. The molecule has 5 rings (SSSR count). The van der Waals surface area contributed by atoms with E-state index >= 15 is 0 Å². The van der Waals surface area contributed by atoms with Gasteiger partial charge in [-0.2, -0.15) is 0 Å². The number of rotatable bonds is 4. The van der Waals surface area contributed by atoms with Crippen molar-refractivity contribution in [2.45, 2.75) is 0 Å². The first-order valence-electron chi connectivity index (χ1n) is 10.4. The molecule has 0 N–H and O–H groups in total. The van der Waals surface area contributed by atoms with Crippen LogP contribution in [0.25, 0.3) is 10.8 Å². The summed E-state index contributed by atoms with van der Waals surface area (Å²) in [6.45, 7) is -2.03. The van der Waals surface area contributed by atoms with Gasteiger partial charge < -0.3 is 0 Å². The van der Waals surface area contributed by atoms with Crippen molar-refractivity contribution in [2.24, 2.45) is 0 Å². The lowest BCUT2D eigenvalue weighted by Gasteiger charge is -2.29. The minimum absolute atomic E-state index is 1.13. The van der Waals surface area contributed by atoms with Crippen molar-refractivity contribution in [3.05, 3.63) is 137 Å². The van der Waals surface area contributed by atoms with E-state index in [1.54, 1.807) is 0 Å². The molecule has 5 aromatic carbocycles. The molecule has 0 aliphatic rings. The monoisotopic (exact) mass is 480 g/mol.